The fraction of sp³-hybridized carbons (Fsp3) is 0.375. The smallest absolute Gasteiger partial charge is 0.344 e. The van der Waals surface area contributed by atoms with E-state index >= 15 is 0 Å². The predicted octanol–water partition coefficient (Wildman–Crippen LogP) is 3.58. The molecule has 2 amide bonds. The first-order chi connectivity index (χ1) is 11.8. The number of hydrogen-bond donors (Lipinski definition) is 1. The van der Waals surface area contributed by atoms with Gasteiger partial charge in [0.2, 0.25) is 0 Å². The van der Waals surface area contributed by atoms with Crippen LogP contribution in [0.4, 0.5) is 13.2 Å². The Morgan fingerprint density at radius 2 is 2.12 bits per heavy atom. The lowest BCUT2D eigenvalue weighted by atomic mass is 10.1. The molecule has 0 radical (unpaired) electrons. The van der Waals surface area contributed by atoms with Gasteiger partial charge in [-0.15, -0.1) is 11.3 Å². The van der Waals surface area contributed by atoms with Crippen molar-refractivity contribution in [3.63, 3.8) is 0 Å². The van der Waals surface area contributed by atoms with Gasteiger partial charge < -0.3 is 10.2 Å². The Kier molecular flexibility index (Phi) is 4.92. The molecule has 0 spiro atoms. The van der Waals surface area contributed by atoms with Gasteiger partial charge in [0, 0.05) is 29.4 Å². The number of nitrogens with one attached hydrogen (secondary N) is 1. The highest BCUT2D eigenvalue weighted by Crippen LogP contribution is 2.33. The van der Waals surface area contributed by atoms with E-state index in [-0.39, 0.29) is 19.5 Å². The number of carbonyl (C=O) groups is 2. The van der Waals surface area contributed by atoms with Crippen LogP contribution in [0.15, 0.2) is 23.6 Å². The summed E-state index contributed by atoms with van der Waals surface area (Å²) in [5.74, 6) is -3.39. The Balaban J connectivity index is 1.61. The van der Waals surface area contributed by atoms with E-state index in [1.54, 1.807) is 12.1 Å². The quantitative estimate of drug-likeness (QED) is 0.797. The number of fused-ring (bicyclic) bond motifs is 1. The molecule has 2 heterocycles. The maximum absolute atomic E-state index is 12.7. The molecule has 2 aromatic rings. The van der Waals surface area contributed by atoms with Crippen molar-refractivity contribution in [2.75, 3.05) is 13.1 Å². The lowest BCUT2D eigenvalue weighted by Crippen LogP contribution is -2.42. The molecule has 1 aromatic heterocycles. The average molecular weight is 391 g/mol. The normalized spacial score (nSPS) is 17.9. The minimum Gasteiger partial charge on any atom is -0.344 e. The van der Waals surface area contributed by atoms with Gasteiger partial charge in [0.25, 0.3) is 0 Å². The third-order valence-electron chi connectivity index (χ3n) is 4.19. The summed E-state index contributed by atoms with van der Waals surface area (Å²) in [6, 6.07) is 5.39. The Bertz CT molecular complexity index is 821. The summed E-state index contributed by atoms with van der Waals surface area (Å²) in [5.41, 5.74) is 0.804. The van der Waals surface area contributed by atoms with Crippen LogP contribution in [0.5, 0.6) is 0 Å². The Morgan fingerprint density at radius 3 is 2.80 bits per heavy atom. The van der Waals surface area contributed by atoms with Crippen molar-refractivity contribution < 1.29 is 22.8 Å². The van der Waals surface area contributed by atoms with Gasteiger partial charge in [-0.3, -0.25) is 9.59 Å². The van der Waals surface area contributed by atoms with Crippen molar-refractivity contribution in [2.45, 2.75) is 19.1 Å². The third kappa shape index (κ3) is 3.90. The highest BCUT2D eigenvalue weighted by molar-refractivity contribution is 7.17. The lowest BCUT2D eigenvalue weighted by Gasteiger charge is -2.17. The van der Waals surface area contributed by atoms with Crippen LogP contribution in [0.1, 0.15) is 12.0 Å². The highest BCUT2D eigenvalue weighted by atomic mass is 35.5. The second-order valence-electron chi connectivity index (χ2n) is 5.86. The van der Waals surface area contributed by atoms with E-state index in [0.29, 0.717) is 5.02 Å². The van der Waals surface area contributed by atoms with Crippen LogP contribution in [-0.4, -0.2) is 36.0 Å². The van der Waals surface area contributed by atoms with Crippen LogP contribution in [0.3, 0.4) is 0 Å². The van der Waals surface area contributed by atoms with Gasteiger partial charge in [-0.05, 0) is 40.9 Å². The first-order valence-electron chi connectivity index (χ1n) is 7.55. The minimum atomic E-state index is -4.35. The first kappa shape index (κ1) is 18.0. The number of hydrogen-bond acceptors (Lipinski definition) is 3. The lowest BCUT2D eigenvalue weighted by molar-refractivity contribution is -0.171. The molecular weight excluding hydrogens is 377 g/mol. The van der Waals surface area contributed by atoms with Crippen molar-refractivity contribution in [2.24, 2.45) is 5.92 Å². The molecule has 1 aliphatic rings. The van der Waals surface area contributed by atoms with Gasteiger partial charge in [-0.2, -0.15) is 13.2 Å². The number of benzene rings is 1. The van der Waals surface area contributed by atoms with Crippen molar-refractivity contribution in [1.82, 2.24) is 10.2 Å². The summed E-state index contributed by atoms with van der Waals surface area (Å²) in [5, 5.41) is 5.77. The molecular formula is C16H14ClF3N2O2S. The van der Waals surface area contributed by atoms with Crippen LogP contribution in [-0.2, 0) is 16.1 Å². The Labute approximate surface area is 150 Å². The van der Waals surface area contributed by atoms with Gasteiger partial charge in [0.15, 0.2) is 0 Å². The highest BCUT2D eigenvalue weighted by Gasteiger charge is 2.45. The Hall–Kier alpha value is -1.80. The molecule has 0 bridgehead atoms. The average Bonchev–Trinajstić information content (AvgIpc) is 3.18. The van der Waals surface area contributed by atoms with Crippen LogP contribution < -0.4 is 5.32 Å². The molecule has 1 saturated heterocycles. The number of carbonyl (C=O) groups excluding carboxylic acids is 2. The van der Waals surface area contributed by atoms with E-state index in [2.05, 4.69) is 5.32 Å². The zero-order valence-corrected chi connectivity index (χ0v) is 14.5. The van der Waals surface area contributed by atoms with Gasteiger partial charge in [-0.1, -0.05) is 11.6 Å². The molecule has 0 saturated carbocycles. The number of likely N-dealkylation sites (tertiary alicyclic amines) is 1. The summed E-state index contributed by atoms with van der Waals surface area (Å²) in [4.78, 5) is 25.0. The summed E-state index contributed by atoms with van der Waals surface area (Å²) in [6.45, 7) is -0.415. The maximum atomic E-state index is 12.7. The molecule has 1 aliphatic heterocycles. The molecule has 25 heavy (non-hydrogen) atoms. The summed E-state index contributed by atoms with van der Waals surface area (Å²) < 4.78 is 39.0. The Morgan fingerprint density at radius 1 is 1.36 bits per heavy atom. The maximum Gasteiger partial charge on any atom is 0.393 e. The number of thiophene rings is 1. The summed E-state index contributed by atoms with van der Waals surface area (Å²) in [6.07, 6.45) is -4.52. The van der Waals surface area contributed by atoms with Crippen molar-refractivity contribution in [3.8, 4) is 0 Å². The first-order valence-corrected chi connectivity index (χ1v) is 8.81. The van der Waals surface area contributed by atoms with Gasteiger partial charge in [0.1, 0.15) is 0 Å². The summed E-state index contributed by atoms with van der Waals surface area (Å²) in [7, 11) is 0. The van der Waals surface area contributed by atoms with Crippen LogP contribution in [0.25, 0.3) is 10.1 Å². The minimum absolute atomic E-state index is 0.0621. The largest absolute Gasteiger partial charge is 0.393 e. The molecule has 134 valence electrons. The molecule has 1 aromatic carbocycles. The van der Waals surface area contributed by atoms with Crippen molar-refractivity contribution >= 4 is 44.8 Å². The van der Waals surface area contributed by atoms with E-state index < -0.39 is 30.5 Å². The SMILES string of the molecule is O=C(NCc1csc2ccc(Cl)cc12)C(=O)N1CC[C@@H](C(F)(F)F)C1. The van der Waals surface area contributed by atoms with E-state index in [9.17, 15) is 22.8 Å². The standard InChI is InChI=1S/C16H14ClF3N2O2S/c17-11-1-2-13-12(5-11)9(8-25-13)6-21-14(23)15(24)22-4-3-10(7-22)16(18,19)20/h1-2,5,8,10H,3-4,6-7H2,(H,21,23)/t10-/m1/s1. The number of nitrogens with zero attached hydrogens (tertiary/aromatic N) is 1. The number of halogens is 4. The van der Waals surface area contributed by atoms with Crippen LogP contribution in [0.2, 0.25) is 5.02 Å². The summed E-state index contributed by atoms with van der Waals surface area (Å²) >= 11 is 7.44. The van der Waals surface area contributed by atoms with Crippen molar-refractivity contribution in [3.05, 3.63) is 34.2 Å². The zero-order chi connectivity index (χ0) is 18.2. The van der Waals surface area contributed by atoms with E-state index in [4.69, 9.17) is 11.6 Å². The monoisotopic (exact) mass is 390 g/mol. The number of alkyl halides is 3. The van der Waals surface area contributed by atoms with Gasteiger partial charge in [-0.25, -0.2) is 0 Å². The molecule has 1 atom stereocenters. The molecule has 0 aliphatic carbocycles. The molecule has 0 unspecified atom stereocenters. The molecule has 4 nitrogen and oxygen atoms in total. The molecule has 9 heteroatoms. The predicted molar refractivity (Wildman–Crippen MR) is 89.4 cm³/mol. The number of rotatable bonds is 2. The topological polar surface area (TPSA) is 49.4 Å². The molecule has 1 fully saturated rings. The zero-order valence-electron chi connectivity index (χ0n) is 12.9. The van der Waals surface area contributed by atoms with Crippen LogP contribution >= 0.6 is 22.9 Å². The van der Waals surface area contributed by atoms with Gasteiger partial charge in [0.05, 0.1) is 5.92 Å². The fourth-order valence-electron chi connectivity index (χ4n) is 2.80. The number of amides is 2. The molecule has 1 N–H and O–H groups in total. The van der Waals surface area contributed by atoms with Gasteiger partial charge >= 0.3 is 18.0 Å². The molecule has 3 rings (SSSR count). The van der Waals surface area contributed by atoms with E-state index in [1.165, 1.54) is 11.3 Å². The second kappa shape index (κ2) is 6.84. The fourth-order valence-corrected chi connectivity index (χ4v) is 3.91. The van der Waals surface area contributed by atoms with Crippen LogP contribution in [0, 0.1) is 5.92 Å². The van der Waals surface area contributed by atoms with E-state index in [0.717, 1.165) is 20.5 Å². The van der Waals surface area contributed by atoms with Crippen molar-refractivity contribution in [1.29, 1.82) is 0 Å². The second-order valence-corrected chi connectivity index (χ2v) is 7.21. The van der Waals surface area contributed by atoms with E-state index in [1.807, 2.05) is 11.4 Å². The third-order valence-corrected chi connectivity index (χ3v) is 5.44.